The molecule has 3 heteroatoms. The number of fused-ring (bicyclic) bond motifs is 2. The highest BCUT2D eigenvalue weighted by molar-refractivity contribution is 5.84. The van der Waals surface area contributed by atoms with Crippen molar-refractivity contribution in [2.24, 2.45) is 17.8 Å². The first kappa shape index (κ1) is 18.7. The van der Waals surface area contributed by atoms with Gasteiger partial charge in [-0.1, -0.05) is 50.5 Å². The van der Waals surface area contributed by atoms with Crippen LogP contribution in [0.25, 0.3) is 10.8 Å². The summed E-state index contributed by atoms with van der Waals surface area (Å²) >= 11 is 0. The van der Waals surface area contributed by atoms with E-state index in [9.17, 15) is 8.78 Å². The van der Waals surface area contributed by atoms with Crippen LogP contribution in [0.2, 0.25) is 0 Å². The minimum atomic E-state index is -2.77. The number of benzene rings is 2. The average molecular weight is 372 g/mol. The second-order valence-electron chi connectivity index (χ2n) is 8.64. The van der Waals surface area contributed by atoms with Crippen molar-refractivity contribution in [3.05, 3.63) is 42.0 Å². The van der Waals surface area contributed by atoms with Gasteiger partial charge in [-0.3, -0.25) is 0 Å². The van der Waals surface area contributed by atoms with E-state index in [4.69, 9.17) is 0 Å². The summed E-state index contributed by atoms with van der Waals surface area (Å²) in [5, 5.41) is 2.08. The summed E-state index contributed by atoms with van der Waals surface area (Å²) < 4.78 is 29.3. The van der Waals surface area contributed by atoms with Gasteiger partial charge in [0.25, 0.3) is 0 Å². The van der Waals surface area contributed by atoms with Gasteiger partial charge in [-0.05, 0) is 84.2 Å². The van der Waals surface area contributed by atoms with Crippen molar-refractivity contribution in [3.8, 4) is 5.75 Å². The largest absolute Gasteiger partial charge is 0.435 e. The van der Waals surface area contributed by atoms with Gasteiger partial charge in [0.05, 0.1) is 0 Å². The van der Waals surface area contributed by atoms with Crippen LogP contribution in [0.3, 0.4) is 0 Å². The molecule has 0 aromatic heterocycles. The molecule has 4 atom stereocenters. The van der Waals surface area contributed by atoms with Crippen LogP contribution in [0.15, 0.2) is 36.4 Å². The third kappa shape index (κ3) is 4.28. The van der Waals surface area contributed by atoms with Crippen molar-refractivity contribution in [2.45, 2.75) is 70.8 Å². The molecule has 4 unspecified atom stereocenters. The SMILES string of the molecule is CCCC1CCC2CC(c3ccc4cc(OC(F)F)ccc4c3)CCC2C1. The summed E-state index contributed by atoms with van der Waals surface area (Å²) in [6.45, 7) is -0.463. The standard InChI is InChI=1S/C24H30F2O/c1-2-3-16-4-5-18-13-19(7-6-17(18)12-16)20-8-9-22-15-23(27-24(25)26)11-10-21(22)14-20/h8-11,14-19,24H,2-7,12-13H2,1H3. The molecule has 4 rings (SSSR count). The molecule has 0 heterocycles. The predicted molar refractivity (Wildman–Crippen MR) is 106 cm³/mol. The zero-order valence-corrected chi connectivity index (χ0v) is 16.2. The quantitative estimate of drug-likeness (QED) is 0.527. The van der Waals surface area contributed by atoms with Crippen molar-refractivity contribution >= 4 is 10.8 Å². The zero-order valence-electron chi connectivity index (χ0n) is 16.2. The van der Waals surface area contributed by atoms with Gasteiger partial charge in [0.15, 0.2) is 0 Å². The Balaban J connectivity index is 1.45. The van der Waals surface area contributed by atoms with Crippen LogP contribution in [0.4, 0.5) is 8.78 Å². The number of alkyl halides is 2. The summed E-state index contributed by atoms with van der Waals surface area (Å²) in [4.78, 5) is 0. The second kappa shape index (κ2) is 8.16. The first-order chi connectivity index (χ1) is 13.1. The molecule has 2 aromatic rings. The van der Waals surface area contributed by atoms with Gasteiger partial charge in [0.1, 0.15) is 5.75 Å². The maximum atomic E-state index is 12.4. The lowest BCUT2D eigenvalue weighted by Gasteiger charge is -2.42. The van der Waals surface area contributed by atoms with Gasteiger partial charge < -0.3 is 4.74 Å². The Kier molecular flexibility index (Phi) is 5.66. The van der Waals surface area contributed by atoms with Gasteiger partial charge in [-0.25, -0.2) is 0 Å². The van der Waals surface area contributed by atoms with Gasteiger partial charge in [-0.15, -0.1) is 0 Å². The van der Waals surface area contributed by atoms with Crippen LogP contribution >= 0.6 is 0 Å². The Bertz CT molecular complexity index is 772. The first-order valence-corrected chi connectivity index (χ1v) is 10.6. The molecule has 0 spiro atoms. The molecule has 27 heavy (non-hydrogen) atoms. The fraction of sp³-hybridized carbons (Fsp3) is 0.583. The summed E-state index contributed by atoms with van der Waals surface area (Å²) in [6, 6.07) is 11.8. The van der Waals surface area contributed by atoms with E-state index >= 15 is 0 Å². The zero-order chi connectivity index (χ0) is 18.8. The van der Waals surface area contributed by atoms with Crippen molar-refractivity contribution in [2.75, 3.05) is 0 Å². The normalized spacial score (nSPS) is 28.3. The third-order valence-electron chi connectivity index (χ3n) is 6.95. The molecule has 2 aromatic carbocycles. The maximum Gasteiger partial charge on any atom is 0.387 e. The highest BCUT2D eigenvalue weighted by Crippen LogP contribution is 2.48. The molecular formula is C24H30F2O. The highest BCUT2D eigenvalue weighted by Gasteiger charge is 2.35. The van der Waals surface area contributed by atoms with E-state index in [1.54, 1.807) is 12.1 Å². The highest BCUT2D eigenvalue weighted by atomic mass is 19.3. The maximum absolute atomic E-state index is 12.4. The van der Waals surface area contributed by atoms with Gasteiger partial charge in [-0.2, -0.15) is 8.78 Å². The van der Waals surface area contributed by atoms with Crippen molar-refractivity contribution in [1.82, 2.24) is 0 Å². The van der Waals surface area contributed by atoms with Crippen LogP contribution in [0, 0.1) is 17.8 Å². The molecule has 0 amide bonds. The minimum absolute atomic E-state index is 0.231. The van der Waals surface area contributed by atoms with E-state index in [0.29, 0.717) is 5.92 Å². The van der Waals surface area contributed by atoms with E-state index in [2.05, 4.69) is 29.9 Å². The van der Waals surface area contributed by atoms with Crippen LogP contribution in [0.5, 0.6) is 5.75 Å². The van der Waals surface area contributed by atoms with Crippen molar-refractivity contribution in [3.63, 3.8) is 0 Å². The summed E-state index contributed by atoms with van der Waals surface area (Å²) in [5.74, 6) is 3.69. The summed E-state index contributed by atoms with van der Waals surface area (Å²) in [7, 11) is 0. The monoisotopic (exact) mass is 372 g/mol. The van der Waals surface area contributed by atoms with E-state index in [1.807, 2.05) is 6.07 Å². The van der Waals surface area contributed by atoms with Crippen LogP contribution < -0.4 is 4.74 Å². The number of halogens is 2. The number of rotatable bonds is 5. The molecule has 2 fully saturated rings. The second-order valence-corrected chi connectivity index (χ2v) is 8.64. The lowest BCUT2D eigenvalue weighted by molar-refractivity contribution is -0.0497. The smallest absolute Gasteiger partial charge is 0.387 e. The topological polar surface area (TPSA) is 9.23 Å². The van der Waals surface area contributed by atoms with Gasteiger partial charge in [0, 0.05) is 0 Å². The lowest BCUT2D eigenvalue weighted by Crippen LogP contribution is -2.30. The Hall–Kier alpha value is -1.64. The number of ether oxygens (including phenoxy) is 1. The molecule has 2 aliphatic carbocycles. The van der Waals surface area contributed by atoms with Crippen LogP contribution in [0.1, 0.15) is 69.8 Å². The third-order valence-corrected chi connectivity index (χ3v) is 6.95. The van der Waals surface area contributed by atoms with E-state index in [-0.39, 0.29) is 5.75 Å². The van der Waals surface area contributed by atoms with Gasteiger partial charge >= 0.3 is 6.61 Å². The molecular weight excluding hydrogens is 342 g/mol. The Morgan fingerprint density at radius 1 is 0.926 bits per heavy atom. The van der Waals surface area contributed by atoms with Crippen LogP contribution in [-0.2, 0) is 0 Å². The average Bonchev–Trinajstić information content (AvgIpc) is 2.67. The lowest BCUT2D eigenvalue weighted by atomic mass is 9.63. The minimum Gasteiger partial charge on any atom is -0.435 e. The van der Waals surface area contributed by atoms with E-state index in [0.717, 1.165) is 28.5 Å². The summed E-state index contributed by atoms with van der Waals surface area (Å²) in [6.07, 6.45) is 11.0. The number of hydrogen-bond acceptors (Lipinski definition) is 1. The molecule has 0 saturated heterocycles. The summed E-state index contributed by atoms with van der Waals surface area (Å²) in [5.41, 5.74) is 1.42. The molecule has 0 aliphatic heterocycles. The molecule has 2 aliphatic rings. The van der Waals surface area contributed by atoms with Crippen molar-refractivity contribution < 1.29 is 13.5 Å². The van der Waals surface area contributed by atoms with E-state index < -0.39 is 6.61 Å². The fourth-order valence-corrected chi connectivity index (χ4v) is 5.63. The predicted octanol–water partition coefficient (Wildman–Crippen LogP) is 7.54. The molecule has 2 saturated carbocycles. The molecule has 0 bridgehead atoms. The molecule has 1 nitrogen and oxygen atoms in total. The Morgan fingerprint density at radius 3 is 2.48 bits per heavy atom. The fourth-order valence-electron chi connectivity index (χ4n) is 5.63. The van der Waals surface area contributed by atoms with Crippen molar-refractivity contribution in [1.29, 1.82) is 0 Å². The number of hydrogen-bond donors (Lipinski definition) is 0. The van der Waals surface area contributed by atoms with Gasteiger partial charge in [0.2, 0.25) is 0 Å². The Labute approximate surface area is 161 Å². The first-order valence-electron chi connectivity index (χ1n) is 10.6. The van der Waals surface area contributed by atoms with Crippen LogP contribution in [-0.4, -0.2) is 6.61 Å². The van der Waals surface area contributed by atoms with E-state index in [1.165, 1.54) is 56.9 Å². The molecule has 0 radical (unpaired) electrons. The molecule has 0 N–H and O–H groups in total. The Morgan fingerprint density at radius 2 is 1.67 bits per heavy atom. The molecule has 146 valence electrons.